The lowest BCUT2D eigenvalue weighted by molar-refractivity contribution is -0.212. The van der Waals surface area contributed by atoms with Crippen LogP contribution in [0.25, 0.3) is 0 Å². The molecule has 0 saturated carbocycles. The predicted octanol–water partition coefficient (Wildman–Crippen LogP) is 3.18. The lowest BCUT2D eigenvalue weighted by atomic mass is 9.91. The quantitative estimate of drug-likeness (QED) is 0.508. The maximum absolute atomic E-state index is 11.7. The fourth-order valence-electron chi connectivity index (χ4n) is 3.18. The molecule has 0 aromatic heterocycles. The van der Waals surface area contributed by atoms with Crippen molar-refractivity contribution in [3.63, 3.8) is 0 Å². The summed E-state index contributed by atoms with van der Waals surface area (Å²) in [5.74, 6) is -1.75. The third-order valence-electron chi connectivity index (χ3n) is 4.77. The van der Waals surface area contributed by atoms with Crippen molar-refractivity contribution in [2.45, 2.75) is 70.2 Å². The van der Waals surface area contributed by atoms with Crippen LogP contribution in [0.5, 0.6) is 0 Å². The Bertz CT molecular complexity index is 761. The zero-order chi connectivity index (χ0) is 21.7. The topological polar surface area (TPSA) is 88.1 Å². The molecule has 3 unspecified atom stereocenters. The molecule has 1 heterocycles. The normalized spacial score (nSPS) is 26.5. The van der Waals surface area contributed by atoms with Crippen LogP contribution in [0.4, 0.5) is 0 Å². The Kier molecular flexibility index (Phi) is 8.10. The summed E-state index contributed by atoms with van der Waals surface area (Å²) in [4.78, 5) is 35.6. The number of carbonyl (C=O) groups is 3. The van der Waals surface area contributed by atoms with Crippen LogP contribution >= 0.6 is 11.8 Å². The van der Waals surface area contributed by atoms with Gasteiger partial charge in [0.1, 0.15) is 30.4 Å². The molecule has 1 aromatic rings. The summed E-state index contributed by atoms with van der Waals surface area (Å²) < 4.78 is 22.2. The van der Waals surface area contributed by atoms with E-state index in [0.29, 0.717) is 0 Å². The number of aryl methyl sites for hydroxylation is 2. The summed E-state index contributed by atoms with van der Waals surface area (Å²) in [6.07, 6.45) is -2.03. The predicted molar refractivity (Wildman–Crippen MR) is 107 cm³/mol. The van der Waals surface area contributed by atoms with Gasteiger partial charge in [-0.25, -0.2) is 0 Å². The second-order valence-electron chi connectivity index (χ2n) is 7.22. The van der Waals surface area contributed by atoms with Gasteiger partial charge in [-0.2, -0.15) is 0 Å². The van der Waals surface area contributed by atoms with Crippen molar-refractivity contribution in [1.82, 2.24) is 0 Å². The maximum Gasteiger partial charge on any atom is 0.303 e. The minimum atomic E-state index is -0.715. The van der Waals surface area contributed by atoms with E-state index in [1.165, 1.54) is 38.1 Å². The van der Waals surface area contributed by atoms with Crippen LogP contribution < -0.4 is 0 Å². The molecule has 7 nitrogen and oxygen atoms in total. The Morgan fingerprint density at radius 3 is 2.14 bits per heavy atom. The average molecular weight is 425 g/mol. The van der Waals surface area contributed by atoms with Crippen molar-refractivity contribution in [2.75, 3.05) is 6.61 Å². The van der Waals surface area contributed by atoms with Gasteiger partial charge in [0.25, 0.3) is 0 Å². The Morgan fingerprint density at radius 2 is 1.59 bits per heavy atom. The molecule has 160 valence electrons. The Labute approximate surface area is 175 Å². The first kappa shape index (κ1) is 23.2. The molecular formula is C21H28O7S. The van der Waals surface area contributed by atoms with Crippen molar-refractivity contribution in [1.29, 1.82) is 0 Å². The van der Waals surface area contributed by atoms with Gasteiger partial charge in [0.15, 0.2) is 0 Å². The summed E-state index contributed by atoms with van der Waals surface area (Å²) in [6, 6.07) is 6.03. The lowest BCUT2D eigenvalue weighted by Crippen LogP contribution is -2.56. The van der Waals surface area contributed by atoms with Gasteiger partial charge in [-0.3, -0.25) is 14.4 Å². The Balaban J connectivity index is 2.31. The molecule has 2 rings (SSSR count). The monoisotopic (exact) mass is 424 g/mol. The van der Waals surface area contributed by atoms with Crippen molar-refractivity contribution < 1.29 is 33.3 Å². The summed E-state index contributed by atoms with van der Waals surface area (Å²) in [5.41, 5.74) is 1.76. The Hall–Kier alpha value is -2.06. The molecular weight excluding hydrogens is 396 g/mol. The molecule has 1 aromatic carbocycles. The molecule has 0 radical (unpaired) electrons. The fourth-order valence-corrected chi connectivity index (χ4v) is 4.48. The SMILES string of the molecule is CC(=O)OCC1O[C@H](Sc2ccc(C)c(C)c2)C(OC(C)=O)C(C)[C@H]1OC(C)=O. The van der Waals surface area contributed by atoms with Crippen LogP contribution in [0.1, 0.15) is 38.8 Å². The number of hydrogen-bond donors (Lipinski definition) is 0. The van der Waals surface area contributed by atoms with E-state index in [2.05, 4.69) is 0 Å². The molecule has 29 heavy (non-hydrogen) atoms. The molecule has 1 aliphatic heterocycles. The van der Waals surface area contributed by atoms with Gasteiger partial charge in [-0.1, -0.05) is 24.8 Å². The van der Waals surface area contributed by atoms with Gasteiger partial charge in [0.05, 0.1) is 0 Å². The zero-order valence-corrected chi connectivity index (χ0v) is 18.4. The largest absolute Gasteiger partial charge is 0.463 e. The maximum atomic E-state index is 11.7. The van der Waals surface area contributed by atoms with Crippen LogP contribution in [0.15, 0.2) is 23.1 Å². The molecule has 1 saturated heterocycles. The molecule has 0 N–H and O–H groups in total. The standard InChI is InChI=1S/C21H28O7S/c1-11-7-8-17(9-12(11)2)29-21-20(27-16(6)24)13(3)19(26-15(5)23)18(28-21)10-25-14(4)22/h7-9,13,18-21H,10H2,1-6H3/t13?,18?,19-,20?,21-/m1/s1. The lowest BCUT2D eigenvalue weighted by Gasteiger charge is -2.43. The van der Waals surface area contributed by atoms with Crippen molar-refractivity contribution in [3.05, 3.63) is 29.3 Å². The van der Waals surface area contributed by atoms with E-state index in [4.69, 9.17) is 18.9 Å². The van der Waals surface area contributed by atoms with Crippen molar-refractivity contribution >= 4 is 29.7 Å². The first-order valence-corrected chi connectivity index (χ1v) is 10.3. The molecule has 0 aliphatic carbocycles. The Morgan fingerprint density at radius 1 is 0.966 bits per heavy atom. The summed E-state index contributed by atoms with van der Waals surface area (Å²) in [5, 5.41) is 0. The molecule has 1 aliphatic rings. The first-order valence-electron chi connectivity index (χ1n) is 9.45. The van der Waals surface area contributed by atoms with E-state index < -0.39 is 41.7 Å². The molecule has 8 heteroatoms. The van der Waals surface area contributed by atoms with Gasteiger partial charge in [-0.05, 0) is 37.1 Å². The number of ether oxygens (including phenoxy) is 4. The molecule has 5 atom stereocenters. The van der Waals surface area contributed by atoms with Crippen LogP contribution in [0, 0.1) is 19.8 Å². The number of hydrogen-bond acceptors (Lipinski definition) is 8. The molecule has 1 fully saturated rings. The molecule has 0 spiro atoms. The van der Waals surface area contributed by atoms with E-state index >= 15 is 0 Å². The van der Waals surface area contributed by atoms with Crippen LogP contribution in [-0.2, 0) is 33.3 Å². The number of esters is 3. The smallest absolute Gasteiger partial charge is 0.303 e. The van der Waals surface area contributed by atoms with E-state index in [-0.39, 0.29) is 12.5 Å². The summed E-state index contributed by atoms with van der Waals surface area (Å²) in [7, 11) is 0. The van der Waals surface area contributed by atoms with Gasteiger partial charge >= 0.3 is 17.9 Å². The van der Waals surface area contributed by atoms with Crippen LogP contribution in [0.2, 0.25) is 0 Å². The highest BCUT2D eigenvalue weighted by Crippen LogP contribution is 2.39. The second kappa shape index (κ2) is 10.1. The fraction of sp³-hybridized carbons (Fsp3) is 0.571. The first-order chi connectivity index (χ1) is 13.6. The van der Waals surface area contributed by atoms with Gasteiger partial charge in [0, 0.05) is 31.6 Å². The zero-order valence-electron chi connectivity index (χ0n) is 17.6. The minimum absolute atomic E-state index is 0.0611. The second-order valence-corrected chi connectivity index (χ2v) is 8.39. The van der Waals surface area contributed by atoms with Crippen LogP contribution in [0.3, 0.4) is 0 Å². The summed E-state index contributed by atoms with van der Waals surface area (Å²) in [6.45, 7) is 9.75. The number of benzene rings is 1. The highest BCUT2D eigenvalue weighted by Gasteiger charge is 2.48. The third kappa shape index (κ3) is 6.47. The number of carbonyl (C=O) groups excluding carboxylic acids is 3. The van der Waals surface area contributed by atoms with Gasteiger partial charge < -0.3 is 18.9 Å². The van der Waals surface area contributed by atoms with E-state index in [1.54, 1.807) is 0 Å². The van der Waals surface area contributed by atoms with Gasteiger partial charge in [0.2, 0.25) is 0 Å². The van der Waals surface area contributed by atoms with E-state index in [1.807, 2.05) is 39.0 Å². The van der Waals surface area contributed by atoms with Crippen LogP contribution in [-0.4, -0.2) is 48.3 Å². The molecule has 0 bridgehead atoms. The summed E-state index contributed by atoms with van der Waals surface area (Å²) >= 11 is 1.42. The van der Waals surface area contributed by atoms with E-state index in [9.17, 15) is 14.4 Å². The number of thioether (sulfide) groups is 1. The van der Waals surface area contributed by atoms with Crippen molar-refractivity contribution in [2.24, 2.45) is 5.92 Å². The highest BCUT2D eigenvalue weighted by atomic mass is 32.2. The number of rotatable bonds is 6. The van der Waals surface area contributed by atoms with Crippen molar-refractivity contribution in [3.8, 4) is 0 Å². The third-order valence-corrected chi connectivity index (χ3v) is 5.90. The van der Waals surface area contributed by atoms with Gasteiger partial charge in [-0.15, -0.1) is 0 Å². The molecule has 0 amide bonds. The van der Waals surface area contributed by atoms with E-state index in [0.717, 1.165) is 10.5 Å². The minimum Gasteiger partial charge on any atom is -0.463 e. The highest BCUT2D eigenvalue weighted by molar-refractivity contribution is 7.99. The average Bonchev–Trinajstić information content (AvgIpc) is 2.61.